The van der Waals surface area contributed by atoms with Gasteiger partial charge in [0.25, 0.3) is 5.91 Å². The third-order valence-corrected chi connectivity index (χ3v) is 4.36. The van der Waals surface area contributed by atoms with Gasteiger partial charge in [0.15, 0.2) is 18.1 Å². The van der Waals surface area contributed by atoms with Gasteiger partial charge in [0.1, 0.15) is 0 Å². The smallest absolute Gasteiger partial charge is 0.338 e. The van der Waals surface area contributed by atoms with Crippen LogP contribution in [0.1, 0.15) is 22.3 Å². The van der Waals surface area contributed by atoms with Gasteiger partial charge in [-0.3, -0.25) is 4.79 Å². The molecule has 0 saturated heterocycles. The second kappa shape index (κ2) is 8.50. The summed E-state index contributed by atoms with van der Waals surface area (Å²) >= 11 is 12.2. The zero-order valence-corrected chi connectivity index (χ0v) is 16.0. The third-order valence-electron chi connectivity index (χ3n) is 3.77. The van der Waals surface area contributed by atoms with Gasteiger partial charge in [-0.1, -0.05) is 29.3 Å². The molecule has 0 fully saturated rings. The van der Waals surface area contributed by atoms with E-state index in [0.29, 0.717) is 41.8 Å². The number of rotatable bonds is 4. The fourth-order valence-corrected chi connectivity index (χ4v) is 3.02. The number of amides is 1. The predicted molar refractivity (Wildman–Crippen MR) is 102 cm³/mol. The molecule has 8 heteroatoms. The van der Waals surface area contributed by atoms with Crippen molar-refractivity contribution in [1.29, 1.82) is 0 Å². The fraction of sp³-hybridized carbons (Fsp3) is 0.263. The zero-order valence-electron chi connectivity index (χ0n) is 14.5. The molecule has 1 aliphatic rings. The number of halogens is 2. The average Bonchev–Trinajstić information content (AvgIpc) is 2.88. The molecule has 1 heterocycles. The van der Waals surface area contributed by atoms with Crippen molar-refractivity contribution in [3.8, 4) is 11.5 Å². The molecule has 0 atom stereocenters. The van der Waals surface area contributed by atoms with Gasteiger partial charge in [-0.2, -0.15) is 0 Å². The molecule has 0 bridgehead atoms. The van der Waals surface area contributed by atoms with E-state index in [-0.39, 0.29) is 10.6 Å². The molecule has 1 amide bonds. The van der Waals surface area contributed by atoms with Crippen molar-refractivity contribution in [2.24, 2.45) is 0 Å². The Labute approximate surface area is 166 Å². The van der Waals surface area contributed by atoms with Gasteiger partial charge in [0, 0.05) is 6.42 Å². The lowest BCUT2D eigenvalue weighted by Crippen LogP contribution is -2.21. The standard InChI is InChI=1S/C19H17Cl2NO5/c1-11-3-4-15(13(20)7-11)22-17(23)10-27-19(24)12-8-14(21)18-16(9-12)25-5-2-6-26-18/h3-4,7-9H,2,5-6,10H2,1H3,(H,22,23). The molecule has 0 unspecified atom stereocenters. The van der Waals surface area contributed by atoms with Crippen LogP contribution in [0.15, 0.2) is 30.3 Å². The van der Waals surface area contributed by atoms with Gasteiger partial charge in [-0.25, -0.2) is 4.79 Å². The summed E-state index contributed by atoms with van der Waals surface area (Å²) in [5, 5.41) is 3.25. The van der Waals surface area contributed by atoms with E-state index >= 15 is 0 Å². The van der Waals surface area contributed by atoms with Crippen molar-refractivity contribution in [3.63, 3.8) is 0 Å². The van der Waals surface area contributed by atoms with Crippen LogP contribution < -0.4 is 14.8 Å². The first-order valence-corrected chi connectivity index (χ1v) is 9.02. The number of hydrogen-bond acceptors (Lipinski definition) is 5. The normalized spacial score (nSPS) is 12.9. The Kier molecular flexibility index (Phi) is 6.08. The number of anilines is 1. The lowest BCUT2D eigenvalue weighted by Gasteiger charge is -2.12. The third kappa shape index (κ3) is 4.84. The van der Waals surface area contributed by atoms with Gasteiger partial charge in [0.05, 0.1) is 34.5 Å². The summed E-state index contributed by atoms with van der Waals surface area (Å²) in [7, 11) is 0. The Morgan fingerprint density at radius 2 is 1.89 bits per heavy atom. The Hall–Kier alpha value is -2.44. The average molecular weight is 410 g/mol. The fourth-order valence-electron chi connectivity index (χ4n) is 2.47. The molecule has 3 rings (SSSR count). The molecular formula is C19H17Cl2NO5. The number of carbonyl (C=O) groups excluding carboxylic acids is 2. The zero-order chi connectivity index (χ0) is 19.4. The summed E-state index contributed by atoms with van der Waals surface area (Å²) < 4.78 is 16.1. The van der Waals surface area contributed by atoms with Crippen LogP contribution in [0.3, 0.4) is 0 Å². The molecule has 6 nitrogen and oxygen atoms in total. The molecule has 1 aliphatic heterocycles. The maximum Gasteiger partial charge on any atom is 0.338 e. The largest absolute Gasteiger partial charge is 0.489 e. The van der Waals surface area contributed by atoms with Gasteiger partial charge in [-0.05, 0) is 36.8 Å². The molecule has 0 radical (unpaired) electrons. The molecule has 0 aliphatic carbocycles. The van der Waals surface area contributed by atoms with Crippen LogP contribution in [0.25, 0.3) is 0 Å². The van der Waals surface area contributed by atoms with Crippen molar-refractivity contribution >= 4 is 40.8 Å². The van der Waals surface area contributed by atoms with Crippen molar-refractivity contribution in [1.82, 2.24) is 0 Å². The van der Waals surface area contributed by atoms with Gasteiger partial charge in [-0.15, -0.1) is 0 Å². The minimum Gasteiger partial charge on any atom is -0.489 e. The summed E-state index contributed by atoms with van der Waals surface area (Å²) in [6.45, 7) is 2.37. The Bertz CT molecular complexity index is 885. The van der Waals surface area contributed by atoms with E-state index in [0.717, 1.165) is 5.56 Å². The number of nitrogens with one attached hydrogen (secondary N) is 1. The summed E-state index contributed by atoms with van der Waals surface area (Å²) in [5.41, 5.74) is 1.59. The lowest BCUT2D eigenvalue weighted by molar-refractivity contribution is -0.119. The first-order valence-electron chi connectivity index (χ1n) is 8.26. The molecule has 2 aromatic rings. The molecule has 2 aromatic carbocycles. The highest BCUT2D eigenvalue weighted by molar-refractivity contribution is 6.34. The molecule has 1 N–H and O–H groups in total. The predicted octanol–water partition coefficient (Wildman–Crippen LogP) is 4.26. The lowest BCUT2D eigenvalue weighted by atomic mass is 10.2. The topological polar surface area (TPSA) is 73.9 Å². The molecule has 0 aromatic heterocycles. The highest BCUT2D eigenvalue weighted by Crippen LogP contribution is 2.38. The van der Waals surface area contributed by atoms with E-state index in [1.54, 1.807) is 12.1 Å². The van der Waals surface area contributed by atoms with Crippen LogP contribution in [0.4, 0.5) is 5.69 Å². The molecule has 0 spiro atoms. The quantitative estimate of drug-likeness (QED) is 0.763. The summed E-state index contributed by atoms with van der Waals surface area (Å²) in [5.74, 6) is -0.424. The number of esters is 1. The maximum atomic E-state index is 12.3. The number of hydrogen-bond donors (Lipinski definition) is 1. The number of fused-ring (bicyclic) bond motifs is 1. The minimum atomic E-state index is -0.697. The Morgan fingerprint density at radius 3 is 2.67 bits per heavy atom. The number of ether oxygens (including phenoxy) is 3. The van der Waals surface area contributed by atoms with Crippen LogP contribution in [0, 0.1) is 6.92 Å². The summed E-state index contributed by atoms with van der Waals surface area (Å²) in [6.07, 6.45) is 0.715. The van der Waals surface area contributed by atoms with Gasteiger partial charge < -0.3 is 19.5 Å². The molecule has 27 heavy (non-hydrogen) atoms. The number of aryl methyl sites for hydroxylation is 1. The first kappa shape index (κ1) is 19.3. The van der Waals surface area contributed by atoms with Crippen LogP contribution in [-0.2, 0) is 9.53 Å². The van der Waals surface area contributed by atoms with Crippen molar-refractivity contribution in [2.45, 2.75) is 13.3 Å². The summed E-state index contributed by atoms with van der Waals surface area (Å²) in [4.78, 5) is 24.3. The number of carbonyl (C=O) groups is 2. The number of benzene rings is 2. The summed E-state index contributed by atoms with van der Waals surface area (Å²) in [6, 6.07) is 8.13. The van der Waals surface area contributed by atoms with E-state index in [4.69, 9.17) is 37.4 Å². The van der Waals surface area contributed by atoms with E-state index < -0.39 is 18.5 Å². The van der Waals surface area contributed by atoms with Gasteiger partial charge in [0.2, 0.25) is 0 Å². The van der Waals surface area contributed by atoms with Crippen LogP contribution in [-0.4, -0.2) is 31.7 Å². The molecule has 142 valence electrons. The second-order valence-corrected chi connectivity index (χ2v) is 6.76. The highest BCUT2D eigenvalue weighted by Gasteiger charge is 2.20. The Balaban J connectivity index is 1.63. The molecule has 0 saturated carbocycles. The van der Waals surface area contributed by atoms with Gasteiger partial charge >= 0.3 is 5.97 Å². The van der Waals surface area contributed by atoms with Crippen LogP contribution >= 0.6 is 23.2 Å². The van der Waals surface area contributed by atoms with Crippen molar-refractivity contribution in [2.75, 3.05) is 25.1 Å². The van der Waals surface area contributed by atoms with E-state index in [1.165, 1.54) is 12.1 Å². The monoisotopic (exact) mass is 409 g/mol. The SMILES string of the molecule is Cc1ccc(NC(=O)COC(=O)c2cc(Cl)c3c(c2)OCCCO3)c(Cl)c1. The highest BCUT2D eigenvalue weighted by atomic mass is 35.5. The van der Waals surface area contributed by atoms with Crippen LogP contribution in [0.2, 0.25) is 10.0 Å². The first-order chi connectivity index (χ1) is 12.9. The van der Waals surface area contributed by atoms with E-state index in [2.05, 4.69) is 5.32 Å². The van der Waals surface area contributed by atoms with Crippen LogP contribution in [0.5, 0.6) is 11.5 Å². The Morgan fingerprint density at radius 1 is 1.11 bits per heavy atom. The van der Waals surface area contributed by atoms with Crippen molar-refractivity contribution < 1.29 is 23.8 Å². The minimum absolute atomic E-state index is 0.172. The second-order valence-electron chi connectivity index (χ2n) is 5.94. The maximum absolute atomic E-state index is 12.3. The van der Waals surface area contributed by atoms with Crippen molar-refractivity contribution in [3.05, 3.63) is 51.5 Å². The van der Waals surface area contributed by atoms with E-state index in [9.17, 15) is 9.59 Å². The molecular weight excluding hydrogens is 393 g/mol. The van der Waals surface area contributed by atoms with E-state index in [1.807, 2.05) is 13.0 Å².